The van der Waals surface area contributed by atoms with Gasteiger partial charge in [0.1, 0.15) is 0 Å². The number of aryl methyl sites for hydroxylation is 1. The van der Waals surface area contributed by atoms with Gasteiger partial charge in [-0.2, -0.15) is 0 Å². The highest BCUT2D eigenvalue weighted by Crippen LogP contribution is 2.28. The third-order valence-electron chi connectivity index (χ3n) is 2.85. The van der Waals surface area contributed by atoms with Gasteiger partial charge in [0.2, 0.25) is 0 Å². The molecule has 0 spiro atoms. The molecule has 2 unspecified atom stereocenters. The molecule has 1 aromatic carbocycles. The van der Waals surface area contributed by atoms with Crippen LogP contribution in [0, 0.1) is 6.92 Å². The smallest absolute Gasteiger partial charge is 0.0104 e. The molecule has 2 atom stereocenters. The van der Waals surface area contributed by atoms with Crippen LogP contribution in [0.3, 0.4) is 0 Å². The van der Waals surface area contributed by atoms with Crippen LogP contribution in [0.1, 0.15) is 39.2 Å². The maximum atomic E-state index is 3.55. The Morgan fingerprint density at radius 1 is 1.24 bits per heavy atom. The summed E-state index contributed by atoms with van der Waals surface area (Å²) in [5, 5.41) is 4.21. The van der Waals surface area contributed by atoms with Gasteiger partial charge in [-0.25, -0.2) is 0 Å². The van der Waals surface area contributed by atoms with E-state index in [1.165, 1.54) is 23.3 Å². The molecule has 0 heterocycles. The van der Waals surface area contributed by atoms with Gasteiger partial charge in [-0.1, -0.05) is 32.0 Å². The fourth-order valence-electron chi connectivity index (χ4n) is 1.93. The molecular weight excluding hydrogens is 226 g/mol. The quantitative estimate of drug-likeness (QED) is 0.727. The van der Waals surface area contributed by atoms with Crippen LogP contribution < -0.4 is 5.32 Å². The molecule has 96 valence electrons. The molecule has 0 aliphatic heterocycles. The monoisotopic (exact) mass is 251 g/mol. The van der Waals surface area contributed by atoms with Crippen molar-refractivity contribution in [3.8, 4) is 0 Å². The molecule has 0 amide bonds. The van der Waals surface area contributed by atoms with Crippen molar-refractivity contribution in [1.82, 2.24) is 5.32 Å². The maximum Gasteiger partial charge on any atom is 0.0104 e. The number of hydrogen-bond acceptors (Lipinski definition) is 2. The molecule has 0 aromatic heterocycles. The summed E-state index contributed by atoms with van der Waals surface area (Å²) in [6.07, 6.45) is 2.43. The average molecular weight is 251 g/mol. The average Bonchev–Trinajstić information content (AvgIpc) is 2.29. The molecule has 2 heteroatoms. The second kappa shape index (κ2) is 7.78. The molecule has 0 fully saturated rings. The summed E-state index contributed by atoms with van der Waals surface area (Å²) in [5.74, 6) is 0. The van der Waals surface area contributed by atoms with Gasteiger partial charge in [-0.15, -0.1) is 11.8 Å². The van der Waals surface area contributed by atoms with Gasteiger partial charge >= 0.3 is 0 Å². The first kappa shape index (κ1) is 14.6. The first-order valence-electron chi connectivity index (χ1n) is 6.59. The molecule has 1 aromatic rings. The minimum Gasteiger partial charge on any atom is -0.314 e. The molecule has 1 nitrogen and oxygen atoms in total. The van der Waals surface area contributed by atoms with Crippen LogP contribution in [0.25, 0.3) is 0 Å². The topological polar surface area (TPSA) is 12.0 Å². The van der Waals surface area contributed by atoms with Gasteiger partial charge in [-0.3, -0.25) is 0 Å². The highest BCUT2D eigenvalue weighted by atomic mass is 32.2. The van der Waals surface area contributed by atoms with Crippen LogP contribution in [0.5, 0.6) is 0 Å². The minimum atomic E-state index is 0.612. The first-order chi connectivity index (χ1) is 8.13. The minimum absolute atomic E-state index is 0.612. The number of nitrogens with one attached hydrogen (secondary N) is 1. The fraction of sp³-hybridized carbons (Fsp3) is 0.600. The number of hydrogen-bond donors (Lipinski definition) is 1. The summed E-state index contributed by atoms with van der Waals surface area (Å²) < 4.78 is 0. The Hall–Kier alpha value is -0.470. The van der Waals surface area contributed by atoms with E-state index < -0.39 is 0 Å². The van der Waals surface area contributed by atoms with E-state index in [1.54, 1.807) is 0 Å². The summed E-state index contributed by atoms with van der Waals surface area (Å²) in [6, 6.07) is 9.26. The molecular formula is C15H25NS. The Labute approximate surface area is 110 Å². The lowest BCUT2D eigenvalue weighted by molar-refractivity contribution is 0.513. The second-order valence-corrected chi connectivity index (χ2v) is 6.27. The van der Waals surface area contributed by atoms with Crippen molar-refractivity contribution in [2.24, 2.45) is 0 Å². The van der Waals surface area contributed by atoms with E-state index in [0.29, 0.717) is 11.3 Å². The third kappa shape index (κ3) is 5.60. The first-order valence-corrected chi connectivity index (χ1v) is 7.47. The van der Waals surface area contributed by atoms with Crippen molar-refractivity contribution in [3.63, 3.8) is 0 Å². The molecule has 0 aliphatic rings. The molecule has 1 N–H and O–H groups in total. The van der Waals surface area contributed by atoms with Crippen LogP contribution in [0.15, 0.2) is 29.2 Å². The zero-order valence-electron chi connectivity index (χ0n) is 11.5. The van der Waals surface area contributed by atoms with Crippen molar-refractivity contribution >= 4 is 11.8 Å². The molecule has 0 bridgehead atoms. The van der Waals surface area contributed by atoms with Gasteiger partial charge in [0.15, 0.2) is 0 Å². The Morgan fingerprint density at radius 3 is 2.59 bits per heavy atom. The molecule has 17 heavy (non-hydrogen) atoms. The lowest BCUT2D eigenvalue weighted by Gasteiger charge is -2.18. The second-order valence-electron chi connectivity index (χ2n) is 4.78. The van der Waals surface area contributed by atoms with Crippen LogP contribution in [0.4, 0.5) is 0 Å². The Morgan fingerprint density at radius 2 is 1.94 bits per heavy atom. The van der Waals surface area contributed by atoms with Gasteiger partial charge in [0.05, 0.1) is 0 Å². The zero-order valence-corrected chi connectivity index (χ0v) is 12.3. The van der Waals surface area contributed by atoms with Crippen molar-refractivity contribution in [3.05, 3.63) is 29.8 Å². The van der Waals surface area contributed by atoms with E-state index in [-0.39, 0.29) is 0 Å². The SMILES string of the molecule is CCCNC(C)CC(C)Sc1ccccc1C. The third-order valence-corrected chi connectivity index (χ3v) is 4.16. The molecule has 0 saturated heterocycles. The highest BCUT2D eigenvalue weighted by Gasteiger charge is 2.10. The van der Waals surface area contributed by atoms with Gasteiger partial charge in [-0.05, 0) is 44.9 Å². The number of benzene rings is 1. The van der Waals surface area contributed by atoms with Crippen LogP contribution in [-0.4, -0.2) is 17.8 Å². The Bertz CT molecular complexity index is 324. The number of rotatable bonds is 7. The van der Waals surface area contributed by atoms with Gasteiger partial charge < -0.3 is 5.32 Å². The summed E-state index contributed by atoms with van der Waals surface area (Å²) in [7, 11) is 0. The predicted octanol–water partition coefficient (Wildman–Crippen LogP) is 4.25. The van der Waals surface area contributed by atoms with Crippen LogP contribution >= 0.6 is 11.8 Å². The molecule has 0 aliphatic carbocycles. The van der Waals surface area contributed by atoms with Crippen molar-refractivity contribution in [1.29, 1.82) is 0 Å². The molecule has 0 saturated carbocycles. The largest absolute Gasteiger partial charge is 0.314 e. The summed E-state index contributed by atoms with van der Waals surface area (Å²) in [6.45, 7) is 10.1. The zero-order chi connectivity index (χ0) is 12.7. The Balaban J connectivity index is 2.39. The van der Waals surface area contributed by atoms with Crippen LogP contribution in [0.2, 0.25) is 0 Å². The van der Waals surface area contributed by atoms with Crippen molar-refractivity contribution < 1.29 is 0 Å². The predicted molar refractivity (Wildman–Crippen MR) is 78.9 cm³/mol. The lowest BCUT2D eigenvalue weighted by Crippen LogP contribution is -2.29. The van der Waals surface area contributed by atoms with Crippen molar-refractivity contribution in [2.75, 3.05) is 6.54 Å². The molecule has 1 rings (SSSR count). The lowest BCUT2D eigenvalue weighted by atomic mass is 10.2. The molecule has 0 radical (unpaired) electrons. The standard InChI is InChI=1S/C15H25NS/c1-5-10-16-13(3)11-14(4)17-15-9-7-6-8-12(15)2/h6-9,13-14,16H,5,10-11H2,1-4H3. The van der Waals surface area contributed by atoms with Gasteiger partial charge in [0.25, 0.3) is 0 Å². The summed E-state index contributed by atoms with van der Waals surface area (Å²) in [5.41, 5.74) is 1.39. The van der Waals surface area contributed by atoms with E-state index in [1.807, 2.05) is 11.8 Å². The fourth-order valence-corrected chi connectivity index (χ4v) is 3.15. The van der Waals surface area contributed by atoms with E-state index >= 15 is 0 Å². The van der Waals surface area contributed by atoms with Gasteiger partial charge in [0, 0.05) is 16.2 Å². The summed E-state index contributed by atoms with van der Waals surface area (Å²) >= 11 is 1.99. The van der Waals surface area contributed by atoms with E-state index in [0.717, 1.165) is 6.54 Å². The Kier molecular flexibility index (Phi) is 6.68. The van der Waals surface area contributed by atoms with E-state index in [9.17, 15) is 0 Å². The highest BCUT2D eigenvalue weighted by molar-refractivity contribution is 8.00. The van der Waals surface area contributed by atoms with Crippen molar-refractivity contribution in [2.45, 2.75) is 56.7 Å². The van der Waals surface area contributed by atoms with Crippen LogP contribution in [-0.2, 0) is 0 Å². The van der Waals surface area contributed by atoms with E-state index in [2.05, 4.69) is 57.3 Å². The maximum absolute atomic E-state index is 3.55. The normalized spacial score (nSPS) is 14.6. The van der Waals surface area contributed by atoms with E-state index in [4.69, 9.17) is 0 Å². The summed E-state index contributed by atoms with van der Waals surface area (Å²) in [4.78, 5) is 1.42. The number of thioether (sulfide) groups is 1.